The van der Waals surface area contributed by atoms with Crippen molar-refractivity contribution in [2.45, 2.75) is 57.3 Å². The van der Waals surface area contributed by atoms with Crippen LogP contribution in [0.1, 0.15) is 44.6 Å². The van der Waals surface area contributed by atoms with E-state index in [1.807, 2.05) is 12.1 Å². The molecule has 5 heteroatoms. The van der Waals surface area contributed by atoms with Crippen LogP contribution in [0.5, 0.6) is 5.75 Å². The maximum Gasteiger partial charge on any atom is 0.224 e. The molecular weight excluding hydrogens is 304 g/mol. The Morgan fingerprint density at radius 3 is 2.79 bits per heavy atom. The Balaban J connectivity index is 1.75. The second kappa shape index (κ2) is 7.53. The average molecular weight is 332 g/mol. The van der Waals surface area contributed by atoms with Crippen LogP contribution in [0, 0.1) is 0 Å². The Bertz CT molecular complexity index is 560. The summed E-state index contributed by atoms with van der Waals surface area (Å²) in [7, 11) is 1.67. The molecule has 2 unspecified atom stereocenters. The first kappa shape index (κ1) is 17.2. The minimum Gasteiger partial charge on any atom is -0.497 e. The second-order valence-corrected chi connectivity index (χ2v) is 6.87. The molecule has 1 N–H and O–H groups in total. The molecule has 2 heterocycles. The van der Waals surface area contributed by atoms with Gasteiger partial charge in [-0.25, -0.2) is 0 Å². The molecule has 0 saturated carbocycles. The van der Waals surface area contributed by atoms with E-state index in [2.05, 4.69) is 29.3 Å². The van der Waals surface area contributed by atoms with Gasteiger partial charge in [-0.1, -0.05) is 12.1 Å². The summed E-state index contributed by atoms with van der Waals surface area (Å²) >= 11 is 0. The number of hydrogen-bond donors (Lipinski definition) is 1. The smallest absolute Gasteiger partial charge is 0.224 e. The molecule has 0 aromatic heterocycles. The topological polar surface area (TPSA) is 50.8 Å². The number of carbonyl (C=O) groups excluding carboxylic acids is 1. The van der Waals surface area contributed by atoms with Crippen molar-refractivity contribution in [3.63, 3.8) is 0 Å². The number of rotatable bonds is 5. The Labute approximate surface area is 144 Å². The zero-order valence-electron chi connectivity index (χ0n) is 14.7. The summed E-state index contributed by atoms with van der Waals surface area (Å²) in [5, 5.41) is 3.70. The molecule has 24 heavy (non-hydrogen) atoms. The number of amides is 1. The summed E-state index contributed by atoms with van der Waals surface area (Å²) in [6.45, 7) is 4.37. The van der Waals surface area contributed by atoms with Crippen LogP contribution >= 0.6 is 0 Å². The molecule has 0 spiro atoms. The number of ether oxygens (including phenoxy) is 2. The number of likely N-dealkylation sites (tertiary alicyclic amines) is 1. The molecule has 132 valence electrons. The van der Waals surface area contributed by atoms with Crippen LogP contribution in [0.2, 0.25) is 0 Å². The molecule has 3 rings (SSSR count). The predicted octanol–water partition coefficient (Wildman–Crippen LogP) is 2.69. The van der Waals surface area contributed by atoms with Crippen LogP contribution < -0.4 is 10.1 Å². The van der Waals surface area contributed by atoms with Crippen molar-refractivity contribution >= 4 is 5.91 Å². The van der Waals surface area contributed by atoms with Crippen molar-refractivity contribution in [1.29, 1.82) is 0 Å². The first-order valence-corrected chi connectivity index (χ1v) is 8.93. The lowest BCUT2D eigenvalue weighted by Crippen LogP contribution is -2.65. The van der Waals surface area contributed by atoms with Gasteiger partial charge in [-0.3, -0.25) is 10.1 Å². The van der Waals surface area contributed by atoms with Crippen LogP contribution in [0.15, 0.2) is 24.3 Å². The first-order chi connectivity index (χ1) is 11.6. The Hall–Kier alpha value is -1.59. The van der Waals surface area contributed by atoms with E-state index in [0.717, 1.165) is 44.5 Å². The largest absolute Gasteiger partial charge is 0.497 e. The van der Waals surface area contributed by atoms with Crippen molar-refractivity contribution < 1.29 is 14.3 Å². The summed E-state index contributed by atoms with van der Waals surface area (Å²) in [6.07, 6.45) is 4.62. The van der Waals surface area contributed by atoms with E-state index in [9.17, 15) is 4.79 Å². The molecule has 1 aromatic carbocycles. The van der Waals surface area contributed by atoms with Gasteiger partial charge in [-0.2, -0.15) is 0 Å². The van der Waals surface area contributed by atoms with Gasteiger partial charge in [0, 0.05) is 32.4 Å². The number of benzene rings is 1. The molecule has 2 fully saturated rings. The molecule has 0 aliphatic carbocycles. The third kappa shape index (κ3) is 3.73. The SMILES string of the molecule is COc1ccc(CNC2(N3CCCCC3=O)CCOC(C)C2)cc1. The highest BCUT2D eigenvalue weighted by atomic mass is 16.5. The lowest BCUT2D eigenvalue weighted by atomic mass is 9.91. The van der Waals surface area contributed by atoms with Crippen LogP contribution in [0.3, 0.4) is 0 Å². The molecule has 0 radical (unpaired) electrons. The van der Waals surface area contributed by atoms with Gasteiger partial charge in [0.2, 0.25) is 5.91 Å². The van der Waals surface area contributed by atoms with Crippen molar-refractivity contribution in [2.75, 3.05) is 20.3 Å². The van der Waals surface area contributed by atoms with Crippen LogP contribution in [0.4, 0.5) is 0 Å². The van der Waals surface area contributed by atoms with Gasteiger partial charge < -0.3 is 14.4 Å². The van der Waals surface area contributed by atoms with Crippen molar-refractivity contribution in [1.82, 2.24) is 10.2 Å². The van der Waals surface area contributed by atoms with Crippen molar-refractivity contribution in [2.24, 2.45) is 0 Å². The van der Waals surface area contributed by atoms with Gasteiger partial charge in [0.1, 0.15) is 5.75 Å². The average Bonchev–Trinajstić information content (AvgIpc) is 2.61. The van der Waals surface area contributed by atoms with Gasteiger partial charge in [-0.15, -0.1) is 0 Å². The Kier molecular flexibility index (Phi) is 5.41. The maximum atomic E-state index is 12.5. The van der Waals surface area contributed by atoms with Gasteiger partial charge in [-0.05, 0) is 37.5 Å². The molecule has 1 amide bonds. The molecule has 2 atom stereocenters. The van der Waals surface area contributed by atoms with Crippen LogP contribution in [-0.2, 0) is 16.1 Å². The van der Waals surface area contributed by atoms with Crippen LogP contribution in [-0.4, -0.2) is 42.8 Å². The molecule has 2 saturated heterocycles. The van der Waals surface area contributed by atoms with E-state index in [0.29, 0.717) is 13.0 Å². The Morgan fingerprint density at radius 2 is 2.12 bits per heavy atom. The zero-order valence-corrected chi connectivity index (χ0v) is 14.7. The summed E-state index contributed by atoms with van der Waals surface area (Å²) in [4.78, 5) is 14.6. The third-order valence-electron chi connectivity index (χ3n) is 5.16. The quantitative estimate of drug-likeness (QED) is 0.901. The molecular formula is C19H28N2O3. The van der Waals surface area contributed by atoms with E-state index in [-0.39, 0.29) is 17.7 Å². The number of nitrogens with one attached hydrogen (secondary N) is 1. The first-order valence-electron chi connectivity index (χ1n) is 8.93. The molecule has 0 bridgehead atoms. The number of hydrogen-bond acceptors (Lipinski definition) is 4. The van der Waals surface area contributed by atoms with Gasteiger partial charge in [0.25, 0.3) is 0 Å². The minimum atomic E-state index is -0.283. The fourth-order valence-corrected chi connectivity index (χ4v) is 3.84. The lowest BCUT2D eigenvalue weighted by Gasteiger charge is -2.50. The van der Waals surface area contributed by atoms with Gasteiger partial charge >= 0.3 is 0 Å². The molecule has 1 aromatic rings. The summed E-state index contributed by atoms with van der Waals surface area (Å²) in [6, 6.07) is 8.09. The van der Waals surface area contributed by atoms with E-state index >= 15 is 0 Å². The minimum absolute atomic E-state index is 0.164. The van der Waals surface area contributed by atoms with E-state index in [1.54, 1.807) is 7.11 Å². The van der Waals surface area contributed by atoms with E-state index in [1.165, 1.54) is 5.56 Å². The normalized spacial score (nSPS) is 28.0. The van der Waals surface area contributed by atoms with Crippen molar-refractivity contribution in [3.05, 3.63) is 29.8 Å². The highest BCUT2D eigenvalue weighted by molar-refractivity contribution is 5.77. The van der Waals surface area contributed by atoms with Crippen molar-refractivity contribution in [3.8, 4) is 5.75 Å². The number of carbonyl (C=O) groups is 1. The number of methoxy groups -OCH3 is 1. The molecule has 2 aliphatic rings. The predicted molar refractivity (Wildman–Crippen MR) is 92.8 cm³/mol. The van der Waals surface area contributed by atoms with Gasteiger partial charge in [0.05, 0.1) is 25.5 Å². The van der Waals surface area contributed by atoms with E-state index in [4.69, 9.17) is 9.47 Å². The second-order valence-electron chi connectivity index (χ2n) is 6.87. The Morgan fingerprint density at radius 1 is 1.33 bits per heavy atom. The fraction of sp³-hybridized carbons (Fsp3) is 0.632. The summed E-state index contributed by atoms with van der Waals surface area (Å²) in [5.74, 6) is 1.14. The van der Waals surface area contributed by atoms with Gasteiger partial charge in [0.15, 0.2) is 0 Å². The van der Waals surface area contributed by atoms with Crippen LogP contribution in [0.25, 0.3) is 0 Å². The number of piperidine rings is 1. The standard InChI is InChI=1S/C19H28N2O3/c1-15-13-19(10-12-24-15,21-11-4-3-5-18(21)22)20-14-16-6-8-17(23-2)9-7-16/h6-9,15,20H,3-5,10-14H2,1-2H3. The monoisotopic (exact) mass is 332 g/mol. The maximum absolute atomic E-state index is 12.5. The summed E-state index contributed by atoms with van der Waals surface area (Å²) < 4.78 is 11.0. The lowest BCUT2D eigenvalue weighted by molar-refractivity contribution is -0.151. The third-order valence-corrected chi connectivity index (χ3v) is 5.16. The highest BCUT2D eigenvalue weighted by Crippen LogP contribution is 2.32. The summed E-state index contributed by atoms with van der Waals surface area (Å²) in [5.41, 5.74) is 0.911. The number of nitrogens with zero attached hydrogens (tertiary/aromatic N) is 1. The molecule has 5 nitrogen and oxygen atoms in total. The fourth-order valence-electron chi connectivity index (χ4n) is 3.84. The van der Waals surface area contributed by atoms with E-state index < -0.39 is 0 Å². The molecule has 2 aliphatic heterocycles. The highest BCUT2D eigenvalue weighted by Gasteiger charge is 2.43. The zero-order chi connectivity index (χ0) is 17.0.